The van der Waals surface area contributed by atoms with Crippen LogP contribution >= 0.6 is 11.6 Å². The summed E-state index contributed by atoms with van der Waals surface area (Å²) in [6, 6.07) is 23.8. The molecule has 0 aliphatic carbocycles. The number of barbiturate groups is 1. The molecule has 38 heavy (non-hydrogen) atoms. The molecule has 0 unspecified atom stereocenters. The van der Waals surface area contributed by atoms with Crippen LogP contribution in [-0.4, -0.2) is 29.5 Å². The van der Waals surface area contributed by atoms with Crippen molar-refractivity contribution in [2.75, 3.05) is 16.9 Å². The fraction of sp³-hybridized carbons (Fsp3) is 0.100. The molecule has 0 N–H and O–H groups in total. The summed E-state index contributed by atoms with van der Waals surface area (Å²) in [7, 11) is 1.55. The zero-order valence-corrected chi connectivity index (χ0v) is 21.8. The van der Waals surface area contributed by atoms with E-state index in [0.717, 1.165) is 26.9 Å². The van der Waals surface area contributed by atoms with Crippen molar-refractivity contribution in [2.45, 2.75) is 13.8 Å². The molecule has 0 saturated carbocycles. The molecule has 0 spiro atoms. The molecule has 0 radical (unpaired) electrons. The second-order valence-corrected chi connectivity index (χ2v) is 9.18. The molecule has 4 amide bonds. The number of urea groups is 1. The Hall–Kier alpha value is -4.62. The predicted octanol–water partition coefficient (Wildman–Crippen LogP) is 6.34. The van der Waals surface area contributed by atoms with Crippen molar-refractivity contribution in [3.8, 4) is 11.4 Å². The van der Waals surface area contributed by atoms with Crippen molar-refractivity contribution in [1.29, 1.82) is 0 Å². The van der Waals surface area contributed by atoms with Crippen LogP contribution in [-0.2, 0) is 9.59 Å². The summed E-state index contributed by atoms with van der Waals surface area (Å²) in [5.74, 6) is -0.809. The van der Waals surface area contributed by atoms with E-state index in [4.69, 9.17) is 16.3 Å². The molecule has 1 aliphatic heterocycles. The number of halogens is 1. The molecule has 1 aromatic heterocycles. The molecular weight excluding hydrogens is 502 g/mol. The van der Waals surface area contributed by atoms with Gasteiger partial charge < -0.3 is 9.30 Å². The maximum absolute atomic E-state index is 13.7. The number of ether oxygens (including phenoxy) is 1. The number of carbonyl (C=O) groups is 3. The smallest absolute Gasteiger partial charge is 0.343 e. The van der Waals surface area contributed by atoms with Gasteiger partial charge in [-0.1, -0.05) is 48.0 Å². The van der Waals surface area contributed by atoms with E-state index < -0.39 is 17.8 Å². The van der Waals surface area contributed by atoms with Gasteiger partial charge in [-0.3, -0.25) is 9.59 Å². The maximum Gasteiger partial charge on any atom is 0.343 e. The van der Waals surface area contributed by atoms with Crippen molar-refractivity contribution >= 4 is 46.9 Å². The summed E-state index contributed by atoms with van der Waals surface area (Å²) in [6.45, 7) is 3.82. The van der Waals surface area contributed by atoms with Crippen LogP contribution in [0.4, 0.5) is 16.2 Å². The second kappa shape index (κ2) is 10.0. The van der Waals surface area contributed by atoms with E-state index in [1.165, 1.54) is 0 Å². The van der Waals surface area contributed by atoms with Crippen molar-refractivity contribution < 1.29 is 19.1 Å². The molecule has 190 valence electrons. The standard InChI is InChI=1S/C30H24ClN3O4/c1-19-16-21(20(2)32(19)24-14-15-27(38-3)26(31)18-24)17-25-28(35)33(22-10-6-4-7-11-22)30(37)34(29(25)36)23-12-8-5-9-13-23/h4-18H,1-3H3. The normalized spacial score (nSPS) is 13.8. The molecular formula is C30H24ClN3O4. The Labute approximate surface area is 225 Å². The Morgan fingerprint density at radius 1 is 0.737 bits per heavy atom. The molecule has 1 saturated heterocycles. The van der Waals surface area contributed by atoms with Gasteiger partial charge >= 0.3 is 6.03 Å². The molecule has 0 atom stereocenters. The van der Waals surface area contributed by atoms with E-state index in [-0.39, 0.29) is 5.57 Å². The number of imide groups is 2. The topological polar surface area (TPSA) is 71.8 Å². The highest BCUT2D eigenvalue weighted by Gasteiger charge is 2.43. The highest BCUT2D eigenvalue weighted by molar-refractivity contribution is 6.46. The molecule has 0 bridgehead atoms. The summed E-state index contributed by atoms with van der Waals surface area (Å²) in [6.07, 6.45) is 1.55. The SMILES string of the molecule is COc1ccc(-n2c(C)cc(C=C3C(=O)N(c4ccccc4)C(=O)N(c4ccccc4)C3=O)c2C)cc1Cl. The Kier molecular flexibility index (Phi) is 6.61. The zero-order valence-electron chi connectivity index (χ0n) is 21.0. The number of anilines is 2. The van der Waals surface area contributed by atoms with Crippen molar-refractivity contribution in [3.05, 3.63) is 112 Å². The van der Waals surface area contributed by atoms with Gasteiger partial charge in [0, 0.05) is 17.1 Å². The Balaban J connectivity index is 1.64. The maximum atomic E-state index is 13.7. The van der Waals surface area contributed by atoms with Crippen LogP contribution in [0.25, 0.3) is 11.8 Å². The molecule has 8 heteroatoms. The number of carbonyl (C=O) groups excluding carboxylic acids is 3. The van der Waals surface area contributed by atoms with E-state index in [9.17, 15) is 14.4 Å². The monoisotopic (exact) mass is 525 g/mol. The van der Waals surface area contributed by atoms with Crippen LogP contribution in [0.1, 0.15) is 17.0 Å². The number of aromatic nitrogens is 1. The highest BCUT2D eigenvalue weighted by Crippen LogP contribution is 2.32. The van der Waals surface area contributed by atoms with Gasteiger partial charge in [-0.15, -0.1) is 0 Å². The van der Waals surface area contributed by atoms with Crippen molar-refractivity contribution in [2.24, 2.45) is 0 Å². The number of amides is 4. The lowest BCUT2D eigenvalue weighted by atomic mass is 10.0. The number of hydrogen-bond donors (Lipinski definition) is 0. The van der Waals surface area contributed by atoms with Gasteiger partial charge in [-0.2, -0.15) is 0 Å². The van der Waals surface area contributed by atoms with Crippen LogP contribution < -0.4 is 14.5 Å². The minimum absolute atomic E-state index is 0.120. The third-order valence-corrected chi connectivity index (χ3v) is 6.74. The van der Waals surface area contributed by atoms with E-state index in [1.807, 2.05) is 30.5 Å². The van der Waals surface area contributed by atoms with Crippen LogP contribution in [0.5, 0.6) is 5.75 Å². The fourth-order valence-electron chi connectivity index (χ4n) is 4.62. The number of rotatable bonds is 5. The van der Waals surface area contributed by atoms with Gasteiger partial charge in [0.15, 0.2) is 0 Å². The molecule has 3 aromatic carbocycles. The summed E-state index contributed by atoms with van der Waals surface area (Å²) >= 11 is 6.36. The number of aryl methyl sites for hydroxylation is 1. The average Bonchev–Trinajstić information content (AvgIpc) is 3.20. The minimum atomic E-state index is -0.729. The fourth-order valence-corrected chi connectivity index (χ4v) is 4.87. The largest absolute Gasteiger partial charge is 0.495 e. The van der Waals surface area contributed by atoms with E-state index in [2.05, 4.69) is 0 Å². The Morgan fingerprint density at radius 3 is 1.79 bits per heavy atom. The van der Waals surface area contributed by atoms with Gasteiger partial charge in [0.1, 0.15) is 11.3 Å². The number of hydrogen-bond acceptors (Lipinski definition) is 4. The number of nitrogens with zero attached hydrogens (tertiary/aromatic N) is 3. The molecule has 1 fully saturated rings. The molecule has 5 rings (SSSR count). The van der Waals surface area contributed by atoms with Gasteiger partial charge in [0.25, 0.3) is 11.8 Å². The first kappa shape index (κ1) is 25.0. The first-order valence-corrected chi connectivity index (χ1v) is 12.3. The van der Waals surface area contributed by atoms with Crippen LogP contribution in [0.3, 0.4) is 0 Å². The van der Waals surface area contributed by atoms with Crippen LogP contribution in [0.2, 0.25) is 5.02 Å². The summed E-state index contributed by atoms with van der Waals surface area (Å²) in [5.41, 5.74) is 3.78. The molecule has 1 aliphatic rings. The summed E-state index contributed by atoms with van der Waals surface area (Å²) in [4.78, 5) is 42.9. The van der Waals surface area contributed by atoms with Crippen molar-refractivity contribution in [3.63, 3.8) is 0 Å². The summed E-state index contributed by atoms with van der Waals surface area (Å²) in [5, 5.41) is 0.463. The third-order valence-electron chi connectivity index (χ3n) is 6.44. The number of benzene rings is 3. The first-order chi connectivity index (χ1) is 18.3. The van der Waals surface area contributed by atoms with Gasteiger partial charge in [0.2, 0.25) is 0 Å². The van der Waals surface area contributed by atoms with E-state index >= 15 is 0 Å². The molecule has 4 aromatic rings. The van der Waals surface area contributed by atoms with Crippen LogP contribution in [0, 0.1) is 13.8 Å². The Bertz CT molecular complexity index is 1530. The van der Waals surface area contributed by atoms with Gasteiger partial charge in [-0.05, 0) is 74.0 Å². The average molecular weight is 526 g/mol. The van der Waals surface area contributed by atoms with Crippen LogP contribution in [0.15, 0.2) is 90.5 Å². The van der Waals surface area contributed by atoms with Crippen molar-refractivity contribution in [1.82, 2.24) is 4.57 Å². The Morgan fingerprint density at radius 2 is 1.29 bits per heavy atom. The highest BCUT2D eigenvalue weighted by atomic mass is 35.5. The zero-order chi connectivity index (χ0) is 27.0. The van der Waals surface area contributed by atoms with Gasteiger partial charge in [0.05, 0.1) is 23.5 Å². The van der Waals surface area contributed by atoms with Gasteiger partial charge in [-0.25, -0.2) is 14.6 Å². The van der Waals surface area contributed by atoms with E-state index in [0.29, 0.717) is 27.7 Å². The summed E-state index contributed by atoms with van der Waals surface area (Å²) < 4.78 is 7.24. The van der Waals surface area contributed by atoms with E-state index in [1.54, 1.807) is 86.0 Å². The lowest BCUT2D eigenvalue weighted by Crippen LogP contribution is -2.57. The first-order valence-electron chi connectivity index (χ1n) is 11.9. The lowest BCUT2D eigenvalue weighted by molar-refractivity contribution is -0.121. The lowest BCUT2D eigenvalue weighted by Gasteiger charge is -2.33. The minimum Gasteiger partial charge on any atom is -0.495 e. The third kappa shape index (κ3) is 4.27. The molecule has 7 nitrogen and oxygen atoms in total. The predicted molar refractivity (Wildman–Crippen MR) is 148 cm³/mol. The quantitative estimate of drug-likeness (QED) is 0.225. The number of methoxy groups -OCH3 is 1. The molecule has 2 heterocycles. The second-order valence-electron chi connectivity index (χ2n) is 8.77. The number of para-hydroxylation sites is 2.